The van der Waals surface area contributed by atoms with Gasteiger partial charge in [0.2, 0.25) is 11.8 Å². The Hall–Kier alpha value is -2.91. The van der Waals surface area contributed by atoms with E-state index in [1.165, 1.54) is 0 Å². The molecule has 0 unspecified atom stereocenters. The minimum Gasteiger partial charge on any atom is -0.497 e. The summed E-state index contributed by atoms with van der Waals surface area (Å²) in [4.78, 5) is 37.2. The van der Waals surface area contributed by atoms with Crippen molar-refractivity contribution in [3.05, 3.63) is 48.0 Å². The lowest BCUT2D eigenvalue weighted by atomic mass is 10.0. The van der Waals surface area contributed by atoms with Crippen LogP contribution in [-0.4, -0.2) is 77.0 Å². The highest BCUT2D eigenvalue weighted by Crippen LogP contribution is 2.28. The van der Waals surface area contributed by atoms with Gasteiger partial charge in [-0.3, -0.25) is 19.4 Å². The molecule has 0 bridgehead atoms. The zero-order valence-corrected chi connectivity index (χ0v) is 18.7. The summed E-state index contributed by atoms with van der Waals surface area (Å²) < 4.78 is 5.16. The number of aromatic amines is 1. The van der Waals surface area contributed by atoms with Gasteiger partial charge in [-0.05, 0) is 37.6 Å². The van der Waals surface area contributed by atoms with Crippen LogP contribution in [0.2, 0.25) is 0 Å². The molecule has 3 N–H and O–H groups in total. The van der Waals surface area contributed by atoms with E-state index in [1.54, 1.807) is 19.5 Å². The highest BCUT2D eigenvalue weighted by atomic mass is 16.5. The molecule has 9 nitrogen and oxygen atoms in total. The summed E-state index contributed by atoms with van der Waals surface area (Å²) in [6.07, 6.45) is 5.59. The average Bonchev–Trinajstić information content (AvgIpc) is 3.45. The lowest BCUT2D eigenvalue weighted by Gasteiger charge is -2.33. The number of hydrogen-bond donors (Lipinski definition) is 3. The highest BCUT2D eigenvalue weighted by molar-refractivity contribution is 5.83. The van der Waals surface area contributed by atoms with Crippen LogP contribution in [0, 0.1) is 0 Å². The molecule has 0 aliphatic carbocycles. The summed E-state index contributed by atoms with van der Waals surface area (Å²) >= 11 is 0. The number of carbonyl (C=O) groups excluding carboxylic acids is 2. The number of H-pyrrole nitrogens is 1. The number of carbonyl (C=O) groups is 2. The number of benzene rings is 1. The highest BCUT2D eigenvalue weighted by Gasteiger charge is 2.45. The van der Waals surface area contributed by atoms with E-state index in [4.69, 9.17) is 4.74 Å². The van der Waals surface area contributed by atoms with Crippen molar-refractivity contribution < 1.29 is 14.3 Å². The molecule has 2 aromatic rings. The number of imidazole rings is 1. The summed E-state index contributed by atoms with van der Waals surface area (Å²) in [5, 5.41) is 6.09. The number of methoxy groups -OCH3 is 1. The number of amides is 2. The summed E-state index contributed by atoms with van der Waals surface area (Å²) in [6, 6.07) is 7.74. The third kappa shape index (κ3) is 5.11. The Balaban J connectivity index is 1.29. The molecule has 4 rings (SSSR count). The van der Waals surface area contributed by atoms with E-state index in [1.807, 2.05) is 24.3 Å². The van der Waals surface area contributed by atoms with Gasteiger partial charge in [-0.15, -0.1) is 0 Å². The molecule has 32 heavy (non-hydrogen) atoms. The quantitative estimate of drug-likeness (QED) is 0.563. The Morgan fingerprint density at radius 3 is 2.84 bits per heavy atom. The van der Waals surface area contributed by atoms with E-state index >= 15 is 0 Å². The molecule has 2 saturated heterocycles. The number of hydrogen-bond acceptors (Lipinski definition) is 6. The normalized spacial score (nSPS) is 23.9. The van der Waals surface area contributed by atoms with Crippen LogP contribution in [0.1, 0.15) is 30.7 Å². The van der Waals surface area contributed by atoms with E-state index in [2.05, 4.69) is 37.4 Å². The molecule has 9 heteroatoms. The van der Waals surface area contributed by atoms with Gasteiger partial charge in [0.25, 0.3) is 0 Å². The number of rotatable bonds is 8. The third-order valence-electron chi connectivity index (χ3n) is 6.61. The first kappa shape index (κ1) is 22.3. The maximum Gasteiger partial charge on any atom is 0.239 e. The van der Waals surface area contributed by atoms with Crippen LogP contribution in [0.15, 0.2) is 36.7 Å². The van der Waals surface area contributed by atoms with Crippen molar-refractivity contribution in [3.63, 3.8) is 0 Å². The number of nitrogens with zero attached hydrogens (tertiary/aromatic N) is 3. The Morgan fingerprint density at radius 1 is 1.31 bits per heavy atom. The van der Waals surface area contributed by atoms with Crippen LogP contribution in [0.5, 0.6) is 5.75 Å². The molecular formula is C23H32N6O3. The van der Waals surface area contributed by atoms with E-state index in [-0.39, 0.29) is 29.9 Å². The molecule has 1 aromatic carbocycles. The smallest absolute Gasteiger partial charge is 0.239 e. The van der Waals surface area contributed by atoms with Crippen molar-refractivity contribution in [2.24, 2.45) is 0 Å². The predicted molar refractivity (Wildman–Crippen MR) is 120 cm³/mol. The van der Waals surface area contributed by atoms with Crippen LogP contribution in [0.4, 0.5) is 0 Å². The second-order valence-corrected chi connectivity index (χ2v) is 8.54. The molecule has 0 radical (unpaired) electrons. The van der Waals surface area contributed by atoms with Gasteiger partial charge in [0.15, 0.2) is 0 Å². The Kier molecular flexibility index (Phi) is 7.06. The SMILES string of the molecule is COc1ccc(CNC(=O)CC[C@H]2CNC(=O)[C@@H]3[C@@H](CCN3Cc3ncc[nH]3)N2C)cc1. The minimum absolute atomic E-state index is 0.0206. The van der Waals surface area contributed by atoms with E-state index in [0.29, 0.717) is 32.5 Å². The van der Waals surface area contributed by atoms with Gasteiger partial charge >= 0.3 is 0 Å². The minimum atomic E-state index is -0.195. The molecule has 0 saturated carbocycles. The number of nitrogens with one attached hydrogen (secondary N) is 3. The monoisotopic (exact) mass is 440 g/mol. The van der Waals surface area contributed by atoms with Gasteiger partial charge in [0, 0.05) is 50.5 Å². The van der Waals surface area contributed by atoms with Gasteiger partial charge in [-0.25, -0.2) is 4.98 Å². The fourth-order valence-electron chi connectivity index (χ4n) is 4.73. The van der Waals surface area contributed by atoms with Crippen LogP contribution >= 0.6 is 0 Å². The van der Waals surface area contributed by atoms with Gasteiger partial charge in [0.1, 0.15) is 17.6 Å². The summed E-state index contributed by atoms with van der Waals surface area (Å²) in [7, 11) is 3.71. The third-order valence-corrected chi connectivity index (χ3v) is 6.61. The van der Waals surface area contributed by atoms with Crippen molar-refractivity contribution in [3.8, 4) is 5.75 Å². The fourth-order valence-corrected chi connectivity index (χ4v) is 4.73. The number of fused-ring (bicyclic) bond motifs is 1. The number of ether oxygens (including phenoxy) is 1. The van der Waals surface area contributed by atoms with E-state index in [9.17, 15) is 9.59 Å². The summed E-state index contributed by atoms with van der Waals surface area (Å²) in [5.74, 6) is 1.76. The van der Waals surface area contributed by atoms with Crippen molar-refractivity contribution >= 4 is 11.8 Å². The number of likely N-dealkylation sites (tertiary alicyclic amines) is 1. The maximum atomic E-state index is 12.9. The van der Waals surface area contributed by atoms with E-state index < -0.39 is 0 Å². The van der Waals surface area contributed by atoms with Crippen LogP contribution in [0.25, 0.3) is 0 Å². The molecule has 2 aliphatic rings. The average molecular weight is 441 g/mol. The zero-order chi connectivity index (χ0) is 22.5. The lowest BCUT2D eigenvalue weighted by Crippen LogP contribution is -2.49. The molecule has 3 atom stereocenters. The number of likely N-dealkylation sites (N-methyl/N-ethyl adjacent to an activating group) is 1. The second kappa shape index (κ2) is 10.1. The summed E-state index contributed by atoms with van der Waals surface area (Å²) in [5.41, 5.74) is 1.03. The zero-order valence-electron chi connectivity index (χ0n) is 18.7. The van der Waals surface area contributed by atoms with Crippen LogP contribution < -0.4 is 15.4 Å². The molecule has 3 heterocycles. The molecule has 172 valence electrons. The molecule has 1 aromatic heterocycles. The molecule has 0 spiro atoms. The second-order valence-electron chi connectivity index (χ2n) is 8.54. The van der Waals surface area contributed by atoms with Gasteiger partial charge in [-0.2, -0.15) is 0 Å². The molecule has 2 amide bonds. The standard InChI is InChI=1S/C23H32N6O3/c1-28-17(5-8-21(30)26-13-16-3-6-18(32-2)7-4-16)14-27-23(31)22-19(28)9-12-29(22)15-20-24-10-11-25-20/h3-4,6-7,10-11,17,19,22H,5,8-9,12-15H2,1-2H3,(H,24,25)(H,26,30)(H,27,31)/t17-,19+,22-/m0/s1. The van der Waals surface area contributed by atoms with Crippen LogP contribution in [-0.2, 0) is 22.7 Å². The van der Waals surface area contributed by atoms with Gasteiger partial charge < -0.3 is 20.4 Å². The lowest BCUT2D eigenvalue weighted by molar-refractivity contribution is -0.126. The van der Waals surface area contributed by atoms with Crippen molar-refractivity contribution in [1.29, 1.82) is 0 Å². The Bertz CT molecular complexity index is 901. The Labute approximate surface area is 188 Å². The van der Waals surface area contributed by atoms with Crippen LogP contribution in [0.3, 0.4) is 0 Å². The molecular weight excluding hydrogens is 408 g/mol. The summed E-state index contributed by atoms with van der Waals surface area (Å²) in [6.45, 7) is 2.53. The van der Waals surface area contributed by atoms with Crippen molar-refractivity contribution in [2.45, 2.75) is 50.5 Å². The van der Waals surface area contributed by atoms with Crippen molar-refractivity contribution in [2.75, 3.05) is 27.2 Å². The first-order chi connectivity index (χ1) is 15.5. The Morgan fingerprint density at radius 2 is 2.12 bits per heavy atom. The topological polar surface area (TPSA) is 103 Å². The van der Waals surface area contributed by atoms with E-state index in [0.717, 1.165) is 30.1 Å². The molecule has 2 aliphatic heterocycles. The first-order valence-electron chi connectivity index (χ1n) is 11.2. The first-order valence-corrected chi connectivity index (χ1v) is 11.2. The maximum absolute atomic E-state index is 12.9. The number of aromatic nitrogens is 2. The molecule has 2 fully saturated rings. The van der Waals surface area contributed by atoms with Gasteiger partial charge in [-0.1, -0.05) is 12.1 Å². The van der Waals surface area contributed by atoms with Crippen molar-refractivity contribution in [1.82, 2.24) is 30.4 Å². The largest absolute Gasteiger partial charge is 0.497 e. The predicted octanol–water partition coefficient (Wildman–Crippen LogP) is 0.888. The fraction of sp³-hybridized carbons (Fsp3) is 0.522. The van der Waals surface area contributed by atoms with Gasteiger partial charge in [0.05, 0.1) is 13.7 Å².